The average molecular weight is 289 g/mol. The number of hydrogen-bond acceptors (Lipinski definition) is 3. The molecule has 0 aliphatic heterocycles. The minimum Gasteiger partial charge on any atom is -0.497 e. The number of methoxy groups -OCH3 is 2. The Bertz CT molecular complexity index is 378. The van der Waals surface area contributed by atoms with Crippen LogP contribution in [0.3, 0.4) is 0 Å². The van der Waals surface area contributed by atoms with Crippen molar-refractivity contribution in [1.82, 2.24) is 0 Å². The summed E-state index contributed by atoms with van der Waals surface area (Å²) in [6, 6.07) is 5.31. The molecule has 0 aromatic heterocycles. The summed E-state index contributed by atoms with van der Waals surface area (Å²) >= 11 is 3.09. The second kappa shape index (κ2) is 5.75. The van der Waals surface area contributed by atoms with Crippen molar-refractivity contribution in [1.29, 1.82) is 0 Å². The van der Waals surface area contributed by atoms with E-state index in [1.807, 2.05) is 0 Å². The van der Waals surface area contributed by atoms with Crippen molar-refractivity contribution in [2.24, 2.45) is 0 Å². The van der Waals surface area contributed by atoms with Crippen molar-refractivity contribution in [3.8, 4) is 11.5 Å². The molecule has 0 bridgehead atoms. The zero-order chi connectivity index (χ0) is 12.1. The summed E-state index contributed by atoms with van der Waals surface area (Å²) in [5, 5.41) is 8.80. The number of rotatable bonds is 5. The van der Waals surface area contributed by atoms with Crippen LogP contribution in [-0.4, -0.2) is 30.1 Å². The molecular formula is C11H13BrO4. The number of hydrogen-bond donors (Lipinski definition) is 1. The third kappa shape index (κ3) is 3.13. The number of benzene rings is 1. The van der Waals surface area contributed by atoms with Gasteiger partial charge in [0.05, 0.1) is 14.2 Å². The Morgan fingerprint density at radius 1 is 1.44 bits per heavy atom. The highest BCUT2D eigenvalue weighted by Gasteiger charge is 2.16. The van der Waals surface area contributed by atoms with Crippen LogP contribution in [0.15, 0.2) is 18.2 Å². The van der Waals surface area contributed by atoms with Gasteiger partial charge < -0.3 is 14.6 Å². The molecule has 1 atom stereocenters. The minimum absolute atomic E-state index is 0.364. The third-order valence-electron chi connectivity index (χ3n) is 2.16. The fourth-order valence-electron chi connectivity index (χ4n) is 1.30. The second-order valence-corrected chi connectivity index (χ2v) is 4.29. The molecule has 5 heteroatoms. The number of carboxylic acid groups (broad SMARTS) is 1. The van der Waals surface area contributed by atoms with Crippen LogP contribution < -0.4 is 9.47 Å². The monoisotopic (exact) mass is 288 g/mol. The van der Waals surface area contributed by atoms with E-state index in [1.54, 1.807) is 32.4 Å². The largest absolute Gasteiger partial charge is 0.497 e. The van der Waals surface area contributed by atoms with E-state index in [-0.39, 0.29) is 0 Å². The molecule has 1 unspecified atom stereocenters. The Hall–Kier alpha value is -1.23. The number of alkyl halides is 1. The first-order valence-corrected chi connectivity index (χ1v) is 5.57. The van der Waals surface area contributed by atoms with Gasteiger partial charge in [0.1, 0.15) is 16.3 Å². The summed E-state index contributed by atoms with van der Waals surface area (Å²) in [4.78, 5) is 10.1. The maximum Gasteiger partial charge on any atom is 0.317 e. The van der Waals surface area contributed by atoms with Crippen molar-refractivity contribution >= 4 is 21.9 Å². The third-order valence-corrected chi connectivity index (χ3v) is 2.88. The number of carbonyl (C=O) groups is 1. The van der Waals surface area contributed by atoms with E-state index in [0.29, 0.717) is 17.9 Å². The molecule has 0 amide bonds. The van der Waals surface area contributed by atoms with Crippen LogP contribution in [-0.2, 0) is 11.2 Å². The summed E-state index contributed by atoms with van der Waals surface area (Å²) in [6.45, 7) is 0. The molecule has 0 saturated heterocycles. The lowest BCUT2D eigenvalue weighted by Gasteiger charge is -2.11. The van der Waals surface area contributed by atoms with Gasteiger partial charge in [-0.3, -0.25) is 4.79 Å². The van der Waals surface area contributed by atoms with Gasteiger partial charge in [0.15, 0.2) is 0 Å². The van der Waals surface area contributed by atoms with Gasteiger partial charge in [0, 0.05) is 6.07 Å². The van der Waals surface area contributed by atoms with Crippen molar-refractivity contribution in [3.05, 3.63) is 23.8 Å². The lowest BCUT2D eigenvalue weighted by molar-refractivity contribution is -0.136. The molecule has 4 nitrogen and oxygen atoms in total. The summed E-state index contributed by atoms with van der Waals surface area (Å²) < 4.78 is 10.2. The van der Waals surface area contributed by atoms with Gasteiger partial charge in [-0.25, -0.2) is 0 Å². The summed E-state index contributed by atoms with van der Waals surface area (Å²) in [5.41, 5.74) is 0.826. The van der Waals surface area contributed by atoms with E-state index in [4.69, 9.17) is 14.6 Å². The van der Waals surface area contributed by atoms with Crippen molar-refractivity contribution < 1.29 is 19.4 Å². The predicted molar refractivity (Wildman–Crippen MR) is 63.6 cm³/mol. The first-order chi connectivity index (χ1) is 7.58. The fraction of sp³-hybridized carbons (Fsp3) is 0.364. The predicted octanol–water partition coefficient (Wildman–Crippen LogP) is 2.09. The van der Waals surface area contributed by atoms with E-state index >= 15 is 0 Å². The van der Waals surface area contributed by atoms with Crippen molar-refractivity contribution in [3.63, 3.8) is 0 Å². The van der Waals surface area contributed by atoms with Crippen LogP contribution in [0.5, 0.6) is 11.5 Å². The van der Waals surface area contributed by atoms with Crippen LogP contribution in [0.4, 0.5) is 0 Å². The molecule has 1 aromatic carbocycles. The topological polar surface area (TPSA) is 55.8 Å². The smallest absolute Gasteiger partial charge is 0.317 e. The summed E-state index contributed by atoms with van der Waals surface area (Å²) in [6.07, 6.45) is 0.364. The van der Waals surface area contributed by atoms with Crippen LogP contribution in [0.25, 0.3) is 0 Å². The quantitative estimate of drug-likeness (QED) is 0.843. The number of ether oxygens (including phenoxy) is 2. The van der Waals surface area contributed by atoms with Gasteiger partial charge in [0.2, 0.25) is 0 Å². The van der Waals surface area contributed by atoms with Crippen LogP contribution >= 0.6 is 15.9 Å². The molecule has 0 fully saturated rings. The Kier molecular flexibility index (Phi) is 4.61. The van der Waals surface area contributed by atoms with Gasteiger partial charge in [-0.2, -0.15) is 0 Å². The molecule has 0 spiro atoms. The molecular weight excluding hydrogens is 276 g/mol. The zero-order valence-electron chi connectivity index (χ0n) is 9.07. The first-order valence-electron chi connectivity index (χ1n) is 4.66. The van der Waals surface area contributed by atoms with Crippen LogP contribution in [0, 0.1) is 0 Å². The Morgan fingerprint density at radius 3 is 2.62 bits per heavy atom. The van der Waals surface area contributed by atoms with Gasteiger partial charge >= 0.3 is 5.97 Å². The van der Waals surface area contributed by atoms with Crippen molar-refractivity contribution in [2.75, 3.05) is 14.2 Å². The minimum atomic E-state index is -0.891. The Morgan fingerprint density at radius 2 is 2.12 bits per heavy atom. The number of aliphatic carboxylic acids is 1. The Balaban J connectivity index is 2.91. The molecule has 0 radical (unpaired) electrons. The van der Waals surface area contributed by atoms with E-state index in [2.05, 4.69) is 15.9 Å². The molecule has 16 heavy (non-hydrogen) atoms. The highest BCUT2D eigenvalue weighted by atomic mass is 79.9. The molecule has 88 valence electrons. The maximum absolute atomic E-state index is 10.7. The van der Waals surface area contributed by atoms with Crippen LogP contribution in [0.1, 0.15) is 5.56 Å². The molecule has 0 aliphatic rings. The van der Waals surface area contributed by atoms with E-state index in [9.17, 15) is 4.79 Å². The standard InChI is InChI=1S/C11H13BrO4/c1-15-8-4-3-7(10(6-8)16-2)5-9(12)11(13)14/h3-4,6,9H,5H2,1-2H3,(H,13,14). The second-order valence-electron chi connectivity index (χ2n) is 3.19. The SMILES string of the molecule is COc1ccc(CC(Br)C(=O)O)c(OC)c1. The van der Waals surface area contributed by atoms with E-state index in [0.717, 1.165) is 5.56 Å². The lowest BCUT2D eigenvalue weighted by Crippen LogP contribution is -2.15. The molecule has 1 N–H and O–H groups in total. The molecule has 0 aliphatic carbocycles. The molecule has 0 heterocycles. The molecule has 1 aromatic rings. The van der Waals surface area contributed by atoms with Gasteiger partial charge in [-0.15, -0.1) is 0 Å². The molecule has 0 saturated carbocycles. The number of carboxylic acids is 1. The Labute approximate surface area is 102 Å². The normalized spacial score (nSPS) is 11.9. The van der Waals surface area contributed by atoms with Gasteiger partial charge in [0.25, 0.3) is 0 Å². The highest BCUT2D eigenvalue weighted by molar-refractivity contribution is 9.10. The fourth-order valence-corrected chi connectivity index (χ4v) is 1.65. The zero-order valence-corrected chi connectivity index (χ0v) is 10.7. The summed E-state index contributed by atoms with van der Waals surface area (Å²) in [7, 11) is 3.11. The number of halogens is 1. The van der Waals surface area contributed by atoms with Gasteiger partial charge in [-0.05, 0) is 18.1 Å². The van der Waals surface area contributed by atoms with Crippen molar-refractivity contribution in [2.45, 2.75) is 11.2 Å². The van der Waals surface area contributed by atoms with E-state index < -0.39 is 10.8 Å². The van der Waals surface area contributed by atoms with E-state index in [1.165, 1.54) is 0 Å². The highest BCUT2D eigenvalue weighted by Crippen LogP contribution is 2.26. The van der Waals surface area contributed by atoms with Gasteiger partial charge in [-0.1, -0.05) is 22.0 Å². The van der Waals surface area contributed by atoms with Crippen LogP contribution in [0.2, 0.25) is 0 Å². The maximum atomic E-state index is 10.7. The average Bonchev–Trinajstić information content (AvgIpc) is 2.29. The summed E-state index contributed by atoms with van der Waals surface area (Å²) in [5.74, 6) is 0.421. The first kappa shape index (κ1) is 12.8. The molecule has 1 rings (SSSR count). The lowest BCUT2D eigenvalue weighted by atomic mass is 10.1.